The molecule has 0 spiro atoms. The standard InChI is InChI=1S/C31H29F2N7O3S/c1-39-10-7-19(8-11-39)20-9-12-40(28(41)13-20)26-15-21(22-14-24(29(32)33)34-17-25(22)43-2)23(16-35-26)30(42)36-31-38-37-27(44-31)6-5-18-3-4-18/h9,12-19,29H,3-4,7-8,10-11H2,1-2H3,(H,36,38,42). The molecule has 4 aromatic rings. The topological polar surface area (TPSA) is 115 Å². The molecule has 1 aliphatic heterocycles. The third-order valence-corrected chi connectivity index (χ3v) is 8.50. The SMILES string of the molecule is COc1cnc(C(F)F)cc1-c1cc(-n2ccc(C3CCN(C)CC3)cc2=O)ncc1C(=O)Nc1nnc(C#CC2CC2)s1. The molecule has 1 saturated heterocycles. The van der Waals surface area contributed by atoms with E-state index in [0.29, 0.717) is 10.9 Å². The van der Waals surface area contributed by atoms with Crippen molar-refractivity contribution >= 4 is 22.4 Å². The van der Waals surface area contributed by atoms with Crippen LogP contribution in [0.15, 0.2) is 47.7 Å². The molecular weight excluding hydrogens is 588 g/mol. The largest absolute Gasteiger partial charge is 0.494 e. The number of nitrogens with one attached hydrogen (secondary N) is 1. The molecule has 10 nitrogen and oxygen atoms in total. The number of ether oxygens (including phenoxy) is 1. The highest BCUT2D eigenvalue weighted by Crippen LogP contribution is 2.36. The number of halogens is 2. The number of pyridine rings is 3. The minimum Gasteiger partial charge on any atom is -0.494 e. The second kappa shape index (κ2) is 12.6. The number of aromatic nitrogens is 5. The highest BCUT2D eigenvalue weighted by molar-refractivity contribution is 7.15. The summed E-state index contributed by atoms with van der Waals surface area (Å²) < 4.78 is 34.2. The molecule has 5 heterocycles. The van der Waals surface area contributed by atoms with Gasteiger partial charge in [-0.05, 0) is 81.4 Å². The van der Waals surface area contributed by atoms with Crippen LogP contribution in [0.3, 0.4) is 0 Å². The molecule has 6 rings (SSSR count). The van der Waals surface area contributed by atoms with Crippen molar-refractivity contribution in [3.63, 3.8) is 0 Å². The lowest BCUT2D eigenvalue weighted by atomic mass is 9.90. The number of methoxy groups -OCH3 is 1. The lowest BCUT2D eigenvalue weighted by Gasteiger charge is -2.29. The lowest BCUT2D eigenvalue weighted by Crippen LogP contribution is -2.30. The van der Waals surface area contributed by atoms with E-state index in [-0.39, 0.29) is 44.9 Å². The van der Waals surface area contributed by atoms with E-state index >= 15 is 0 Å². The number of alkyl halides is 2. The van der Waals surface area contributed by atoms with Crippen LogP contribution in [-0.2, 0) is 0 Å². The number of piperidine rings is 1. The van der Waals surface area contributed by atoms with Crippen LogP contribution in [0.25, 0.3) is 16.9 Å². The van der Waals surface area contributed by atoms with Gasteiger partial charge in [-0.25, -0.2) is 13.8 Å². The van der Waals surface area contributed by atoms with Crippen LogP contribution in [0.4, 0.5) is 13.9 Å². The van der Waals surface area contributed by atoms with Crippen LogP contribution < -0.4 is 15.6 Å². The first-order chi connectivity index (χ1) is 21.3. The number of nitrogens with zero attached hydrogens (tertiary/aromatic N) is 6. The van der Waals surface area contributed by atoms with E-state index in [1.807, 2.05) is 6.07 Å². The fourth-order valence-corrected chi connectivity index (χ4v) is 5.69. The fraction of sp³-hybridized carbons (Fsp3) is 0.355. The minimum atomic E-state index is -2.86. The molecule has 0 atom stereocenters. The van der Waals surface area contributed by atoms with Gasteiger partial charge in [-0.1, -0.05) is 17.3 Å². The summed E-state index contributed by atoms with van der Waals surface area (Å²) in [6.45, 7) is 1.92. The number of rotatable bonds is 7. The van der Waals surface area contributed by atoms with Gasteiger partial charge in [0.2, 0.25) is 5.13 Å². The van der Waals surface area contributed by atoms with E-state index in [1.54, 1.807) is 12.3 Å². The number of carbonyl (C=O) groups excluding carboxylic acids is 1. The lowest BCUT2D eigenvalue weighted by molar-refractivity contribution is 0.102. The van der Waals surface area contributed by atoms with Gasteiger partial charge >= 0.3 is 0 Å². The zero-order chi connectivity index (χ0) is 30.8. The Balaban J connectivity index is 1.38. The summed E-state index contributed by atoms with van der Waals surface area (Å²) in [5.74, 6) is 6.53. The second-order valence-electron chi connectivity index (χ2n) is 10.9. The molecule has 0 aromatic carbocycles. The van der Waals surface area contributed by atoms with Crippen molar-refractivity contribution in [2.45, 2.75) is 38.0 Å². The summed E-state index contributed by atoms with van der Waals surface area (Å²) in [5, 5.41) is 11.4. The average molecular weight is 618 g/mol. The van der Waals surface area contributed by atoms with E-state index in [1.165, 1.54) is 36.2 Å². The first-order valence-electron chi connectivity index (χ1n) is 14.2. The summed E-state index contributed by atoms with van der Waals surface area (Å²) in [6.07, 6.45) is 5.34. The molecule has 0 bridgehead atoms. The quantitative estimate of drug-likeness (QED) is 0.291. The predicted octanol–water partition coefficient (Wildman–Crippen LogP) is 4.92. The Labute approximate surface area is 256 Å². The van der Waals surface area contributed by atoms with Gasteiger partial charge in [-0.2, -0.15) is 0 Å². The molecule has 0 radical (unpaired) electrons. The third kappa shape index (κ3) is 6.51. The first-order valence-corrected chi connectivity index (χ1v) is 15.0. The molecule has 1 amide bonds. The Morgan fingerprint density at radius 3 is 2.59 bits per heavy atom. The minimum absolute atomic E-state index is 0.0512. The number of amides is 1. The van der Waals surface area contributed by atoms with E-state index in [4.69, 9.17) is 4.74 Å². The number of hydrogen-bond acceptors (Lipinski definition) is 9. The molecule has 44 heavy (non-hydrogen) atoms. The van der Waals surface area contributed by atoms with Crippen molar-refractivity contribution in [1.82, 2.24) is 29.6 Å². The molecule has 1 saturated carbocycles. The van der Waals surface area contributed by atoms with Crippen LogP contribution >= 0.6 is 11.3 Å². The van der Waals surface area contributed by atoms with Crippen molar-refractivity contribution in [1.29, 1.82) is 0 Å². The van der Waals surface area contributed by atoms with Crippen LogP contribution in [0, 0.1) is 17.8 Å². The normalized spacial score (nSPS) is 15.6. The van der Waals surface area contributed by atoms with Crippen LogP contribution in [0.2, 0.25) is 0 Å². The highest BCUT2D eigenvalue weighted by atomic mass is 32.1. The van der Waals surface area contributed by atoms with Crippen molar-refractivity contribution in [2.75, 3.05) is 32.6 Å². The van der Waals surface area contributed by atoms with Crippen molar-refractivity contribution in [3.8, 4) is 34.5 Å². The van der Waals surface area contributed by atoms with Crippen LogP contribution in [-0.4, -0.2) is 62.8 Å². The van der Waals surface area contributed by atoms with E-state index in [2.05, 4.69) is 49.3 Å². The molecule has 13 heteroatoms. The molecular formula is C31H29F2N7O3S. The number of anilines is 1. The Morgan fingerprint density at radius 2 is 1.89 bits per heavy atom. The average Bonchev–Trinajstić information content (AvgIpc) is 3.76. The molecule has 1 aliphatic carbocycles. The molecule has 1 N–H and O–H groups in total. The van der Waals surface area contributed by atoms with E-state index in [0.717, 1.165) is 55.7 Å². The molecule has 2 fully saturated rings. The van der Waals surface area contributed by atoms with E-state index in [9.17, 15) is 18.4 Å². The smallest absolute Gasteiger partial charge is 0.280 e. The van der Waals surface area contributed by atoms with Gasteiger partial charge < -0.3 is 9.64 Å². The van der Waals surface area contributed by atoms with Gasteiger partial charge in [-0.3, -0.25) is 24.5 Å². The fourth-order valence-electron chi connectivity index (χ4n) is 5.09. The van der Waals surface area contributed by atoms with Crippen LogP contribution in [0.5, 0.6) is 5.75 Å². The van der Waals surface area contributed by atoms with Crippen molar-refractivity contribution in [3.05, 3.63) is 75.0 Å². The number of likely N-dealkylation sites (tertiary alicyclic amines) is 1. The maximum atomic E-state index is 13.7. The second-order valence-corrected chi connectivity index (χ2v) is 11.8. The monoisotopic (exact) mass is 617 g/mol. The van der Waals surface area contributed by atoms with Gasteiger partial charge in [-0.15, -0.1) is 10.2 Å². The van der Waals surface area contributed by atoms with Gasteiger partial charge in [0.1, 0.15) is 17.3 Å². The molecule has 4 aromatic heterocycles. The summed E-state index contributed by atoms with van der Waals surface area (Å²) in [7, 11) is 3.46. The summed E-state index contributed by atoms with van der Waals surface area (Å²) in [5.41, 5.74) is 0.643. The Hall–Kier alpha value is -4.54. The summed E-state index contributed by atoms with van der Waals surface area (Å²) in [6, 6.07) is 6.19. The molecule has 0 unspecified atom stereocenters. The van der Waals surface area contributed by atoms with Gasteiger partial charge in [0, 0.05) is 35.5 Å². The molecule has 2 aliphatic rings. The van der Waals surface area contributed by atoms with Gasteiger partial charge in [0.05, 0.1) is 18.9 Å². The van der Waals surface area contributed by atoms with Crippen molar-refractivity contribution < 1.29 is 18.3 Å². The summed E-state index contributed by atoms with van der Waals surface area (Å²) >= 11 is 1.13. The zero-order valence-corrected chi connectivity index (χ0v) is 24.9. The predicted molar refractivity (Wildman–Crippen MR) is 162 cm³/mol. The zero-order valence-electron chi connectivity index (χ0n) is 24.1. The van der Waals surface area contributed by atoms with Gasteiger partial charge in [0.15, 0.2) is 5.01 Å². The maximum absolute atomic E-state index is 13.7. The Kier molecular flexibility index (Phi) is 8.45. The van der Waals surface area contributed by atoms with Gasteiger partial charge in [0.25, 0.3) is 17.9 Å². The van der Waals surface area contributed by atoms with Crippen LogP contribution in [0.1, 0.15) is 64.6 Å². The maximum Gasteiger partial charge on any atom is 0.280 e. The number of hydrogen-bond donors (Lipinski definition) is 1. The first kappa shape index (κ1) is 29.5. The molecule has 226 valence electrons. The highest BCUT2D eigenvalue weighted by Gasteiger charge is 2.24. The van der Waals surface area contributed by atoms with Crippen molar-refractivity contribution in [2.24, 2.45) is 5.92 Å². The Bertz CT molecular complexity index is 1820. The van der Waals surface area contributed by atoms with E-state index < -0.39 is 18.0 Å². The third-order valence-electron chi connectivity index (χ3n) is 7.74. The number of carbonyl (C=O) groups is 1. The Morgan fingerprint density at radius 1 is 1.09 bits per heavy atom. The summed E-state index contributed by atoms with van der Waals surface area (Å²) in [4.78, 5) is 37.3.